The minimum Gasteiger partial charge on any atom is -0.462 e. The number of carbonyl (C=O) groups excluding carboxylic acids is 4. The van der Waals surface area contributed by atoms with Crippen LogP contribution in [-0.2, 0) is 65.4 Å². The average Bonchev–Trinajstić information content (AvgIpc) is 3.40. The van der Waals surface area contributed by atoms with E-state index in [1.54, 1.807) is 0 Å². The van der Waals surface area contributed by atoms with Gasteiger partial charge >= 0.3 is 39.5 Å². The molecule has 0 aromatic rings. The van der Waals surface area contributed by atoms with E-state index in [2.05, 4.69) is 55.4 Å². The number of hydrogen-bond donors (Lipinski definition) is 3. The van der Waals surface area contributed by atoms with Crippen molar-refractivity contribution < 1.29 is 80.2 Å². The summed E-state index contributed by atoms with van der Waals surface area (Å²) >= 11 is 0. The molecule has 0 saturated carbocycles. The van der Waals surface area contributed by atoms with Crippen molar-refractivity contribution in [3.05, 3.63) is 0 Å². The molecule has 79 heavy (non-hydrogen) atoms. The Morgan fingerprint density at radius 1 is 0.354 bits per heavy atom. The van der Waals surface area contributed by atoms with Crippen LogP contribution >= 0.6 is 15.6 Å². The minimum atomic E-state index is -4.94. The average molecular weight is 1170 g/mol. The fraction of sp³-hybridized carbons (Fsp3) is 0.933. The maximum absolute atomic E-state index is 12.9. The van der Waals surface area contributed by atoms with Gasteiger partial charge in [-0.15, -0.1) is 0 Å². The Morgan fingerprint density at radius 2 is 0.608 bits per heavy atom. The summed E-state index contributed by atoms with van der Waals surface area (Å²) in [6, 6.07) is 0. The van der Waals surface area contributed by atoms with Crippen molar-refractivity contribution >= 4 is 39.5 Å². The molecule has 3 N–H and O–H groups in total. The molecule has 468 valence electrons. The van der Waals surface area contributed by atoms with Gasteiger partial charge in [-0.3, -0.25) is 37.3 Å². The second-order valence-corrected chi connectivity index (χ2v) is 26.1. The van der Waals surface area contributed by atoms with Crippen molar-refractivity contribution in [1.82, 2.24) is 0 Å². The fourth-order valence-electron chi connectivity index (χ4n) is 8.66. The number of phosphoric acid groups is 2. The van der Waals surface area contributed by atoms with Crippen LogP contribution in [0.25, 0.3) is 0 Å². The Morgan fingerprint density at radius 3 is 0.899 bits per heavy atom. The van der Waals surface area contributed by atoms with Crippen molar-refractivity contribution in [2.75, 3.05) is 39.6 Å². The van der Waals surface area contributed by atoms with Gasteiger partial charge in [0.2, 0.25) is 0 Å². The third-order valence-electron chi connectivity index (χ3n) is 14.3. The normalized spacial score (nSPS) is 15.3. The standard InChI is InChI=1S/C60H116O17P2/c1-9-52(7)38-30-22-15-18-24-32-40-57(62)70-46-55(76-59(64)42-34-26-13-11-12-20-28-36-50(3)4)48-74-78(66,67)72-44-54(61)45-73-79(68,69)75-49-56(77-60(65)43-35-27-17-14-21-29-37-51(5)6)47-71-58(63)41-33-25-19-16-23-31-39-53(8)10-2/h50-56,61H,9-49H2,1-8H3,(H,66,67)(H,68,69)/t52?,53?,54-,55+,56+/m0/s1. The summed E-state index contributed by atoms with van der Waals surface area (Å²) in [4.78, 5) is 71.9. The van der Waals surface area contributed by atoms with Crippen molar-refractivity contribution in [2.45, 2.75) is 298 Å². The van der Waals surface area contributed by atoms with Gasteiger partial charge in [0.15, 0.2) is 12.2 Å². The molecule has 0 saturated heterocycles. The quantitative estimate of drug-likeness (QED) is 0.0222. The first-order valence-electron chi connectivity index (χ1n) is 31.3. The molecule has 0 fully saturated rings. The lowest BCUT2D eigenvalue weighted by Gasteiger charge is -2.21. The summed E-state index contributed by atoms with van der Waals surface area (Å²) in [5.41, 5.74) is 0. The van der Waals surface area contributed by atoms with Gasteiger partial charge in [-0.2, -0.15) is 0 Å². The highest BCUT2D eigenvalue weighted by Crippen LogP contribution is 2.45. The SMILES string of the molecule is CCC(C)CCCCCCCCC(=O)OC[C@H](COP(=O)(O)OC[C@H](O)COP(=O)(O)OC[C@@H](COC(=O)CCCCCCCCC(C)CC)OC(=O)CCCCCCCCC(C)C)OC(=O)CCCCCCCCCC(C)C. The summed E-state index contributed by atoms with van der Waals surface area (Å²) in [5, 5.41) is 10.5. The first-order valence-corrected chi connectivity index (χ1v) is 34.3. The van der Waals surface area contributed by atoms with E-state index in [0.29, 0.717) is 37.5 Å². The molecule has 0 radical (unpaired) electrons. The lowest BCUT2D eigenvalue weighted by atomic mass is 10.00. The lowest BCUT2D eigenvalue weighted by molar-refractivity contribution is -0.161. The van der Waals surface area contributed by atoms with Gasteiger partial charge in [-0.25, -0.2) is 9.13 Å². The topological polar surface area (TPSA) is 237 Å². The lowest BCUT2D eigenvalue weighted by Crippen LogP contribution is -2.30. The molecule has 0 rings (SSSR count). The number of ether oxygens (including phenoxy) is 4. The van der Waals surface area contributed by atoms with Crippen LogP contribution in [0.15, 0.2) is 0 Å². The maximum Gasteiger partial charge on any atom is 0.472 e. The van der Waals surface area contributed by atoms with Crippen LogP contribution < -0.4 is 0 Å². The summed E-state index contributed by atoms with van der Waals surface area (Å²) in [6.45, 7) is 13.8. The highest BCUT2D eigenvalue weighted by molar-refractivity contribution is 7.47. The number of rotatable bonds is 57. The largest absolute Gasteiger partial charge is 0.472 e. The van der Waals surface area contributed by atoms with Crippen LogP contribution in [-0.4, -0.2) is 96.7 Å². The van der Waals surface area contributed by atoms with Crippen LogP contribution in [0.2, 0.25) is 0 Å². The third-order valence-corrected chi connectivity index (χ3v) is 16.2. The predicted molar refractivity (Wildman–Crippen MR) is 312 cm³/mol. The predicted octanol–water partition coefficient (Wildman–Crippen LogP) is 15.8. The molecule has 0 aliphatic heterocycles. The molecule has 0 heterocycles. The van der Waals surface area contributed by atoms with Gasteiger partial charge < -0.3 is 33.8 Å². The Bertz CT molecular complexity index is 1600. The zero-order valence-electron chi connectivity index (χ0n) is 51.0. The highest BCUT2D eigenvalue weighted by atomic mass is 31.2. The van der Waals surface area contributed by atoms with E-state index in [9.17, 15) is 43.2 Å². The van der Waals surface area contributed by atoms with Gasteiger partial charge in [-0.1, -0.05) is 229 Å². The molecule has 0 bridgehead atoms. The van der Waals surface area contributed by atoms with Gasteiger partial charge in [0.25, 0.3) is 0 Å². The van der Waals surface area contributed by atoms with Gasteiger partial charge in [-0.05, 0) is 49.4 Å². The van der Waals surface area contributed by atoms with Crippen LogP contribution in [0, 0.1) is 23.7 Å². The molecule has 0 aromatic heterocycles. The van der Waals surface area contributed by atoms with Crippen molar-refractivity contribution in [3.8, 4) is 0 Å². The summed E-state index contributed by atoms with van der Waals surface area (Å²) in [7, 11) is -9.88. The molecular formula is C60H116O17P2. The molecule has 0 aliphatic rings. The van der Waals surface area contributed by atoms with E-state index >= 15 is 0 Å². The monoisotopic (exact) mass is 1170 g/mol. The number of carbonyl (C=O) groups is 4. The fourth-order valence-corrected chi connectivity index (χ4v) is 10.2. The Kier molecular flexibility index (Phi) is 49.3. The van der Waals surface area contributed by atoms with Gasteiger partial charge in [0.05, 0.1) is 26.4 Å². The molecular weight excluding hydrogens is 1050 g/mol. The van der Waals surface area contributed by atoms with Crippen molar-refractivity contribution in [3.63, 3.8) is 0 Å². The van der Waals surface area contributed by atoms with E-state index < -0.39 is 97.5 Å². The van der Waals surface area contributed by atoms with Crippen LogP contribution in [0.3, 0.4) is 0 Å². The summed E-state index contributed by atoms with van der Waals surface area (Å²) < 4.78 is 67.7. The van der Waals surface area contributed by atoms with E-state index in [-0.39, 0.29) is 25.7 Å². The van der Waals surface area contributed by atoms with Crippen molar-refractivity contribution in [2.24, 2.45) is 23.7 Å². The zero-order valence-corrected chi connectivity index (χ0v) is 52.8. The second-order valence-electron chi connectivity index (χ2n) is 23.2. The smallest absolute Gasteiger partial charge is 0.462 e. The first-order chi connectivity index (χ1) is 37.7. The van der Waals surface area contributed by atoms with E-state index in [1.807, 2.05) is 0 Å². The van der Waals surface area contributed by atoms with Gasteiger partial charge in [0, 0.05) is 25.7 Å². The number of unbranched alkanes of at least 4 members (excludes halogenated alkanes) is 21. The Balaban J connectivity index is 5.26. The van der Waals surface area contributed by atoms with Crippen LogP contribution in [0.4, 0.5) is 0 Å². The minimum absolute atomic E-state index is 0.100. The molecule has 4 unspecified atom stereocenters. The zero-order chi connectivity index (χ0) is 59.0. The molecule has 0 spiro atoms. The third kappa shape index (κ3) is 52.6. The number of phosphoric ester groups is 2. The summed E-state index contributed by atoms with van der Waals surface area (Å²) in [5.74, 6) is 0.675. The maximum atomic E-state index is 12.9. The van der Waals surface area contributed by atoms with Crippen LogP contribution in [0.5, 0.6) is 0 Å². The summed E-state index contributed by atoms with van der Waals surface area (Å²) in [6.07, 6.45) is 28.3. The Labute approximate surface area is 479 Å². The van der Waals surface area contributed by atoms with E-state index in [0.717, 1.165) is 115 Å². The molecule has 0 amide bonds. The molecule has 7 atom stereocenters. The van der Waals surface area contributed by atoms with Crippen molar-refractivity contribution in [1.29, 1.82) is 0 Å². The molecule has 17 nitrogen and oxygen atoms in total. The van der Waals surface area contributed by atoms with Crippen LogP contribution in [0.1, 0.15) is 280 Å². The highest BCUT2D eigenvalue weighted by Gasteiger charge is 2.30. The van der Waals surface area contributed by atoms with Gasteiger partial charge in [0.1, 0.15) is 19.3 Å². The number of aliphatic hydroxyl groups is 1. The van der Waals surface area contributed by atoms with E-state index in [4.69, 9.17) is 37.0 Å². The first kappa shape index (κ1) is 77.1. The molecule has 0 aliphatic carbocycles. The molecule has 19 heteroatoms. The Hall–Kier alpha value is -1.94. The number of hydrogen-bond acceptors (Lipinski definition) is 15. The second kappa shape index (κ2) is 50.6. The van der Waals surface area contributed by atoms with E-state index in [1.165, 1.54) is 70.6 Å². The number of aliphatic hydroxyl groups excluding tert-OH is 1. The molecule has 0 aromatic carbocycles. The number of esters is 4.